The molecular weight excluding hydrogens is 359 g/mol. The zero-order valence-corrected chi connectivity index (χ0v) is 18.6. The third kappa shape index (κ3) is 4.12. The van der Waals surface area contributed by atoms with E-state index in [9.17, 15) is 4.39 Å². The molecule has 0 spiro atoms. The van der Waals surface area contributed by atoms with Gasteiger partial charge in [0.15, 0.2) is 0 Å². The van der Waals surface area contributed by atoms with Crippen LogP contribution < -0.4 is 0 Å². The van der Waals surface area contributed by atoms with E-state index in [0.29, 0.717) is 5.41 Å². The Morgan fingerprint density at radius 3 is 2.00 bits per heavy atom. The van der Waals surface area contributed by atoms with Crippen LogP contribution in [0.2, 0.25) is 18.1 Å². The van der Waals surface area contributed by atoms with Crippen LogP contribution >= 0.6 is 0 Å². The Balaban J connectivity index is 1.56. The molecule has 0 radical (unpaired) electrons. The van der Waals surface area contributed by atoms with Crippen molar-refractivity contribution >= 4 is 8.80 Å². The van der Waals surface area contributed by atoms with Crippen molar-refractivity contribution in [3.63, 3.8) is 0 Å². The number of benzene rings is 2. The monoisotopic (exact) mass is 394 g/mol. The highest BCUT2D eigenvalue weighted by molar-refractivity contribution is 6.58. The van der Waals surface area contributed by atoms with Gasteiger partial charge in [0.1, 0.15) is 5.82 Å². The van der Waals surface area contributed by atoms with E-state index in [1.807, 2.05) is 12.1 Å². The van der Waals surface area contributed by atoms with E-state index in [1.54, 1.807) is 35.8 Å². The Labute approximate surface area is 172 Å². The molecule has 1 saturated heterocycles. The van der Waals surface area contributed by atoms with E-state index in [2.05, 4.69) is 31.2 Å². The maximum atomic E-state index is 13.2. The largest absolute Gasteiger partial charge is 0.207 e. The first-order valence-electron chi connectivity index (χ1n) is 11.6. The normalized spacial score (nSPS) is 24.8. The van der Waals surface area contributed by atoms with E-state index < -0.39 is 8.80 Å². The maximum absolute atomic E-state index is 13.2. The van der Waals surface area contributed by atoms with E-state index in [0.717, 1.165) is 11.5 Å². The van der Waals surface area contributed by atoms with Crippen LogP contribution in [0.1, 0.15) is 63.9 Å². The van der Waals surface area contributed by atoms with Gasteiger partial charge in [0.05, 0.1) is 0 Å². The molecule has 2 aromatic rings. The first-order valence-corrected chi connectivity index (χ1v) is 14.0. The minimum Gasteiger partial charge on any atom is -0.207 e. The summed E-state index contributed by atoms with van der Waals surface area (Å²) in [6.07, 6.45) is 11.3. The lowest BCUT2D eigenvalue weighted by Crippen LogP contribution is -2.40. The molecule has 1 aliphatic heterocycles. The second-order valence-corrected chi connectivity index (χ2v) is 12.8. The maximum Gasteiger partial charge on any atom is 0.123 e. The summed E-state index contributed by atoms with van der Waals surface area (Å²) in [5.74, 6) is 0.730. The molecular formula is C26H35FSi. The van der Waals surface area contributed by atoms with Crippen molar-refractivity contribution in [3.05, 3.63) is 59.9 Å². The van der Waals surface area contributed by atoms with Crippen LogP contribution in [0.25, 0.3) is 11.1 Å². The van der Waals surface area contributed by atoms with Gasteiger partial charge in [-0.1, -0.05) is 100.0 Å². The molecule has 150 valence electrons. The molecule has 0 nitrogen and oxygen atoms in total. The molecule has 1 saturated carbocycles. The summed E-state index contributed by atoms with van der Waals surface area (Å²) in [6.45, 7) is 2.37. The lowest BCUT2D eigenvalue weighted by molar-refractivity contribution is 0.174. The first-order chi connectivity index (χ1) is 13.7. The predicted octanol–water partition coefficient (Wildman–Crippen LogP) is 7.74. The van der Waals surface area contributed by atoms with Crippen molar-refractivity contribution in [2.24, 2.45) is 5.92 Å². The first kappa shape index (κ1) is 19.9. The highest BCUT2D eigenvalue weighted by Gasteiger charge is 2.42. The van der Waals surface area contributed by atoms with Crippen molar-refractivity contribution in [3.8, 4) is 11.1 Å². The van der Waals surface area contributed by atoms with Crippen LogP contribution in [0.3, 0.4) is 0 Å². The van der Waals surface area contributed by atoms with Gasteiger partial charge in [0, 0.05) is 8.80 Å². The molecule has 0 aromatic heterocycles. The van der Waals surface area contributed by atoms with Gasteiger partial charge in [-0.15, -0.1) is 0 Å². The van der Waals surface area contributed by atoms with E-state index in [-0.39, 0.29) is 5.82 Å². The lowest BCUT2D eigenvalue weighted by atomic mass is 9.60. The van der Waals surface area contributed by atoms with Crippen LogP contribution in [0.4, 0.5) is 4.39 Å². The molecule has 4 rings (SSSR count). The molecule has 2 heteroatoms. The molecule has 1 aliphatic carbocycles. The van der Waals surface area contributed by atoms with Crippen molar-refractivity contribution in [1.29, 1.82) is 0 Å². The van der Waals surface area contributed by atoms with Crippen molar-refractivity contribution in [2.75, 3.05) is 0 Å². The highest BCUT2D eigenvalue weighted by atomic mass is 28.3. The average Bonchev–Trinajstić information content (AvgIpc) is 2.76. The van der Waals surface area contributed by atoms with E-state index >= 15 is 0 Å². The Hall–Kier alpha value is -1.41. The Bertz CT molecular complexity index is 735. The minimum absolute atomic E-state index is 0.163. The third-order valence-corrected chi connectivity index (χ3v) is 11.4. The standard InChI is InChI=1S/C26H35FSi/c1-2-18-28-19-14-24(15-20-28)26(16-4-3-5-17-26)23-10-6-21(7-11-23)22-8-12-25(27)13-9-22/h6-13,24,28H,2-5,14-20H2,1H3. The van der Waals surface area contributed by atoms with Crippen LogP contribution in [0.15, 0.2) is 48.5 Å². The number of rotatable bonds is 5. The average molecular weight is 395 g/mol. The van der Waals surface area contributed by atoms with Crippen molar-refractivity contribution in [2.45, 2.75) is 81.8 Å². The molecule has 0 N–H and O–H groups in total. The summed E-state index contributed by atoms with van der Waals surface area (Å²) in [5.41, 5.74) is 4.31. The number of halogens is 1. The SMILES string of the molecule is CCC[SiH]1CCC(C2(c3ccc(-c4ccc(F)cc4)cc3)CCCCC2)CC1. The number of hydrogen-bond donors (Lipinski definition) is 0. The Morgan fingerprint density at radius 2 is 1.43 bits per heavy atom. The third-order valence-electron chi connectivity index (χ3n) is 7.71. The van der Waals surface area contributed by atoms with Crippen LogP contribution in [-0.2, 0) is 5.41 Å². The van der Waals surface area contributed by atoms with Gasteiger partial charge in [-0.3, -0.25) is 0 Å². The highest BCUT2D eigenvalue weighted by Crippen LogP contribution is 2.50. The summed E-state index contributed by atoms with van der Waals surface area (Å²) in [7, 11) is -0.427. The second kappa shape index (κ2) is 8.94. The van der Waals surface area contributed by atoms with Crippen LogP contribution in [-0.4, -0.2) is 8.80 Å². The van der Waals surface area contributed by atoms with Gasteiger partial charge in [-0.05, 0) is 53.0 Å². The van der Waals surface area contributed by atoms with Crippen LogP contribution in [0, 0.1) is 11.7 Å². The quantitative estimate of drug-likeness (QED) is 0.455. The zero-order chi connectivity index (χ0) is 19.4. The Morgan fingerprint density at radius 1 is 0.857 bits per heavy atom. The summed E-state index contributed by atoms with van der Waals surface area (Å²) < 4.78 is 13.2. The molecule has 2 aliphatic rings. The number of hydrogen-bond acceptors (Lipinski definition) is 0. The second-order valence-electron chi connectivity index (χ2n) is 9.31. The molecule has 0 atom stereocenters. The van der Waals surface area contributed by atoms with Gasteiger partial charge in [0.2, 0.25) is 0 Å². The molecule has 2 aromatic carbocycles. The summed E-state index contributed by atoms with van der Waals surface area (Å²) >= 11 is 0. The van der Waals surface area contributed by atoms with E-state index in [1.165, 1.54) is 56.9 Å². The summed E-state index contributed by atoms with van der Waals surface area (Å²) in [5, 5.41) is 0. The molecule has 2 fully saturated rings. The van der Waals surface area contributed by atoms with Gasteiger partial charge in [0.25, 0.3) is 0 Å². The zero-order valence-electron chi connectivity index (χ0n) is 17.4. The predicted molar refractivity (Wildman–Crippen MR) is 121 cm³/mol. The van der Waals surface area contributed by atoms with Gasteiger partial charge in [-0.25, -0.2) is 4.39 Å². The fraction of sp³-hybridized carbons (Fsp3) is 0.538. The van der Waals surface area contributed by atoms with Gasteiger partial charge in [-0.2, -0.15) is 0 Å². The summed E-state index contributed by atoms with van der Waals surface area (Å²) in [4.78, 5) is 0. The lowest BCUT2D eigenvalue weighted by Gasteiger charge is -2.47. The smallest absolute Gasteiger partial charge is 0.123 e. The summed E-state index contributed by atoms with van der Waals surface area (Å²) in [6, 6.07) is 21.0. The minimum atomic E-state index is -0.427. The van der Waals surface area contributed by atoms with Crippen LogP contribution in [0.5, 0.6) is 0 Å². The van der Waals surface area contributed by atoms with Crippen molar-refractivity contribution in [1.82, 2.24) is 0 Å². The topological polar surface area (TPSA) is 0 Å². The van der Waals surface area contributed by atoms with Gasteiger partial charge >= 0.3 is 0 Å². The molecule has 0 bridgehead atoms. The fourth-order valence-corrected chi connectivity index (χ4v) is 9.59. The molecule has 28 heavy (non-hydrogen) atoms. The molecule has 1 heterocycles. The van der Waals surface area contributed by atoms with E-state index in [4.69, 9.17) is 0 Å². The van der Waals surface area contributed by atoms with Gasteiger partial charge < -0.3 is 0 Å². The molecule has 0 amide bonds. The Kier molecular flexibility index (Phi) is 6.35. The fourth-order valence-electron chi connectivity index (χ4n) is 6.16. The van der Waals surface area contributed by atoms with Crippen molar-refractivity contribution < 1.29 is 4.39 Å². The molecule has 0 unspecified atom stereocenters.